The molecule has 1 aromatic heterocycles. The Morgan fingerprint density at radius 3 is 2.49 bits per heavy atom. The molecule has 0 radical (unpaired) electrons. The third-order valence-electron chi connectivity index (χ3n) is 5.67. The van der Waals surface area contributed by atoms with Crippen LogP contribution in [0, 0.1) is 0 Å². The largest absolute Gasteiger partial charge is 0.507 e. The van der Waals surface area contributed by atoms with Gasteiger partial charge in [-0.15, -0.1) is 11.3 Å². The lowest BCUT2D eigenvalue weighted by Crippen LogP contribution is -2.28. The van der Waals surface area contributed by atoms with Crippen molar-refractivity contribution in [2.24, 2.45) is 0 Å². The van der Waals surface area contributed by atoms with Crippen LogP contribution < -0.4 is 14.2 Å². The van der Waals surface area contributed by atoms with Gasteiger partial charge in [0.2, 0.25) is 0 Å². The number of rotatable bonds is 8. The number of hydrogen-bond acceptors (Lipinski definition) is 7. The first kappa shape index (κ1) is 24.6. The second-order valence-electron chi connectivity index (χ2n) is 7.70. The van der Waals surface area contributed by atoms with E-state index in [1.54, 1.807) is 36.4 Å². The Bertz CT molecular complexity index is 1290. The molecule has 4 rings (SSSR count). The van der Waals surface area contributed by atoms with Crippen molar-refractivity contribution in [3.8, 4) is 17.2 Å². The number of hydrogen-bond donors (Lipinski definition) is 1. The summed E-state index contributed by atoms with van der Waals surface area (Å²) in [6.45, 7) is 2.40. The smallest absolute Gasteiger partial charge is 0.295 e. The maximum Gasteiger partial charge on any atom is 0.295 e. The summed E-state index contributed by atoms with van der Waals surface area (Å²) in [4.78, 5) is 28.8. The third kappa shape index (κ3) is 4.72. The molecule has 1 N–H and O–H groups in total. The fourth-order valence-electron chi connectivity index (χ4n) is 4.06. The van der Waals surface area contributed by atoms with Crippen LogP contribution >= 0.6 is 22.9 Å². The SMILES string of the molecule is CCOc1cc(/C(O)=C2/C(=O)C(=O)N(Cc3cccs3)C2c2ccc(OC)c(OC)c2)ccc1Cl. The number of carbonyl (C=O) groups is 2. The maximum atomic E-state index is 13.3. The maximum absolute atomic E-state index is 13.3. The summed E-state index contributed by atoms with van der Waals surface area (Å²) in [7, 11) is 3.03. The Morgan fingerprint density at radius 2 is 1.83 bits per heavy atom. The first-order valence-corrected chi connectivity index (χ1v) is 12.1. The van der Waals surface area contributed by atoms with Crippen LogP contribution in [0.25, 0.3) is 5.76 Å². The van der Waals surface area contributed by atoms with Crippen LogP contribution in [0.1, 0.15) is 29.0 Å². The summed E-state index contributed by atoms with van der Waals surface area (Å²) >= 11 is 7.68. The minimum absolute atomic E-state index is 0.0245. The summed E-state index contributed by atoms with van der Waals surface area (Å²) in [5.74, 6) is -0.462. The number of amides is 1. The number of aliphatic hydroxyl groups excluding tert-OH is 1. The minimum Gasteiger partial charge on any atom is -0.507 e. The van der Waals surface area contributed by atoms with Crippen molar-refractivity contribution in [2.75, 3.05) is 20.8 Å². The van der Waals surface area contributed by atoms with Gasteiger partial charge in [0, 0.05) is 10.4 Å². The first-order valence-electron chi connectivity index (χ1n) is 10.8. The number of aliphatic hydroxyl groups is 1. The second-order valence-corrected chi connectivity index (χ2v) is 9.14. The van der Waals surface area contributed by atoms with Gasteiger partial charge in [0.1, 0.15) is 11.5 Å². The van der Waals surface area contributed by atoms with E-state index >= 15 is 0 Å². The summed E-state index contributed by atoms with van der Waals surface area (Å²) in [6.07, 6.45) is 0. The van der Waals surface area contributed by atoms with Gasteiger partial charge in [-0.2, -0.15) is 0 Å². The van der Waals surface area contributed by atoms with Crippen LogP contribution in [0.4, 0.5) is 0 Å². The van der Waals surface area contributed by atoms with Crippen molar-refractivity contribution in [2.45, 2.75) is 19.5 Å². The molecule has 1 unspecified atom stereocenters. The average Bonchev–Trinajstić information content (AvgIpc) is 3.47. The van der Waals surface area contributed by atoms with E-state index in [0.717, 1.165) is 4.88 Å². The average molecular weight is 514 g/mol. The van der Waals surface area contributed by atoms with E-state index < -0.39 is 17.7 Å². The molecule has 3 aromatic rings. The highest BCUT2D eigenvalue weighted by Crippen LogP contribution is 2.43. The number of likely N-dealkylation sites (tertiary alicyclic amines) is 1. The number of Topliss-reactive ketones (excluding diaryl/α,β-unsaturated/α-hetero) is 1. The molecular formula is C26H24ClNO6S. The van der Waals surface area contributed by atoms with E-state index in [4.69, 9.17) is 25.8 Å². The number of methoxy groups -OCH3 is 2. The van der Waals surface area contributed by atoms with Crippen molar-refractivity contribution < 1.29 is 28.9 Å². The van der Waals surface area contributed by atoms with Crippen molar-refractivity contribution in [1.29, 1.82) is 0 Å². The van der Waals surface area contributed by atoms with Gasteiger partial charge in [-0.1, -0.05) is 23.7 Å². The van der Waals surface area contributed by atoms with Gasteiger partial charge in [0.25, 0.3) is 11.7 Å². The highest BCUT2D eigenvalue weighted by molar-refractivity contribution is 7.09. The fourth-order valence-corrected chi connectivity index (χ4v) is 4.93. The molecule has 1 fully saturated rings. The number of carbonyl (C=O) groups excluding carboxylic acids is 2. The zero-order valence-corrected chi connectivity index (χ0v) is 21.0. The van der Waals surface area contributed by atoms with Crippen LogP contribution in [0.2, 0.25) is 5.02 Å². The Morgan fingerprint density at radius 1 is 1.06 bits per heavy atom. The number of benzene rings is 2. The van der Waals surface area contributed by atoms with Gasteiger partial charge < -0.3 is 24.2 Å². The van der Waals surface area contributed by atoms with Crippen LogP contribution in [0.3, 0.4) is 0 Å². The van der Waals surface area contributed by atoms with Gasteiger partial charge in [0.05, 0.1) is 44.0 Å². The molecule has 35 heavy (non-hydrogen) atoms. The van der Waals surface area contributed by atoms with E-state index in [9.17, 15) is 14.7 Å². The normalized spacial score (nSPS) is 17.0. The van der Waals surface area contributed by atoms with E-state index in [-0.39, 0.29) is 17.9 Å². The number of ketones is 1. The molecule has 1 atom stereocenters. The Hall–Kier alpha value is -3.49. The van der Waals surface area contributed by atoms with E-state index in [2.05, 4.69) is 0 Å². The molecular weight excluding hydrogens is 490 g/mol. The number of thiophene rings is 1. The zero-order valence-electron chi connectivity index (χ0n) is 19.4. The molecule has 1 aliphatic heterocycles. The Labute approximate surface area is 212 Å². The lowest BCUT2D eigenvalue weighted by Gasteiger charge is -2.25. The zero-order chi connectivity index (χ0) is 25.1. The molecule has 0 aliphatic carbocycles. The minimum atomic E-state index is -0.844. The summed E-state index contributed by atoms with van der Waals surface area (Å²) < 4.78 is 16.3. The topological polar surface area (TPSA) is 85.3 Å². The highest BCUT2D eigenvalue weighted by Gasteiger charge is 2.46. The van der Waals surface area contributed by atoms with Crippen LogP contribution in [-0.4, -0.2) is 42.5 Å². The molecule has 0 bridgehead atoms. The molecule has 0 saturated carbocycles. The van der Waals surface area contributed by atoms with E-state index in [1.165, 1.54) is 30.5 Å². The van der Waals surface area contributed by atoms with Gasteiger partial charge in [-0.3, -0.25) is 9.59 Å². The number of halogens is 1. The lowest BCUT2D eigenvalue weighted by molar-refractivity contribution is -0.140. The van der Waals surface area contributed by atoms with Crippen molar-refractivity contribution in [3.05, 3.63) is 80.5 Å². The highest BCUT2D eigenvalue weighted by atomic mass is 35.5. The molecule has 2 heterocycles. The Kier molecular flexibility index (Phi) is 7.33. The molecule has 0 spiro atoms. The quantitative estimate of drug-likeness (QED) is 0.245. The molecule has 2 aromatic carbocycles. The van der Waals surface area contributed by atoms with Crippen molar-refractivity contribution >= 4 is 40.4 Å². The molecule has 1 amide bonds. The predicted molar refractivity (Wildman–Crippen MR) is 134 cm³/mol. The standard InChI is InChI=1S/C26H24ClNO6S/c1-4-34-20-13-16(7-9-18(20)27)24(29)22-23(15-8-10-19(32-2)21(12-15)33-3)28(26(31)25(22)30)14-17-6-5-11-35-17/h5-13,23,29H,4,14H2,1-3H3/b24-22-. The van der Waals surface area contributed by atoms with Gasteiger partial charge in [-0.25, -0.2) is 0 Å². The fraction of sp³-hybridized carbons (Fsp3) is 0.231. The summed E-state index contributed by atoms with van der Waals surface area (Å²) in [6, 6.07) is 12.8. The van der Waals surface area contributed by atoms with E-state index in [1.807, 2.05) is 24.4 Å². The molecule has 9 heteroatoms. The van der Waals surface area contributed by atoms with Crippen molar-refractivity contribution in [1.82, 2.24) is 4.90 Å². The van der Waals surface area contributed by atoms with Crippen LogP contribution in [-0.2, 0) is 16.1 Å². The first-order chi connectivity index (χ1) is 16.9. The monoisotopic (exact) mass is 513 g/mol. The van der Waals surface area contributed by atoms with Crippen LogP contribution in [0.5, 0.6) is 17.2 Å². The second kappa shape index (κ2) is 10.4. The molecule has 1 aliphatic rings. The number of ether oxygens (including phenoxy) is 3. The Balaban J connectivity index is 1.89. The summed E-state index contributed by atoms with van der Waals surface area (Å²) in [5.41, 5.74) is 0.889. The third-order valence-corrected chi connectivity index (χ3v) is 6.85. The number of nitrogens with zero attached hydrogens (tertiary/aromatic N) is 1. The predicted octanol–water partition coefficient (Wildman–Crippen LogP) is 5.44. The van der Waals surface area contributed by atoms with Gasteiger partial charge >= 0.3 is 0 Å². The molecule has 7 nitrogen and oxygen atoms in total. The molecule has 182 valence electrons. The van der Waals surface area contributed by atoms with Gasteiger partial charge in [-0.05, 0) is 54.3 Å². The molecule has 1 saturated heterocycles. The van der Waals surface area contributed by atoms with Crippen molar-refractivity contribution in [3.63, 3.8) is 0 Å². The summed E-state index contributed by atoms with van der Waals surface area (Å²) in [5, 5.41) is 13.6. The van der Waals surface area contributed by atoms with Crippen LogP contribution in [0.15, 0.2) is 59.5 Å². The van der Waals surface area contributed by atoms with E-state index in [0.29, 0.717) is 40.0 Å². The van der Waals surface area contributed by atoms with Gasteiger partial charge in [0.15, 0.2) is 11.5 Å². The lowest BCUT2D eigenvalue weighted by atomic mass is 9.95.